The molecule has 1 aromatic heterocycles. The van der Waals surface area contributed by atoms with Crippen LogP contribution in [-0.2, 0) is 4.79 Å². The first kappa shape index (κ1) is 16.0. The molecule has 1 amide bonds. The number of rotatable bonds is 3. The van der Waals surface area contributed by atoms with E-state index in [-0.39, 0.29) is 24.0 Å². The molecule has 0 bridgehead atoms. The molecule has 0 radical (unpaired) electrons. The summed E-state index contributed by atoms with van der Waals surface area (Å²) in [6.45, 7) is 1.07. The molecule has 4 N–H and O–H groups in total. The van der Waals surface area contributed by atoms with Crippen LogP contribution in [0.1, 0.15) is 10.5 Å². The van der Waals surface area contributed by atoms with Crippen LogP contribution in [-0.4, -0.2) is 69.7 Å². The Hall–Kier alpha value is -2.87. The van der Waals surface area contributed by atoms with Crippen molar-refractivity contribution in [3.05, 3.63) is 36.0 Å². The Bertz CT molecular complexity index is 758. The number of aromatic nitrogens is 2. The number of likely N-dealkylation sites (N-methyl/N-ethyl adjacent to an activating group) is 1. The molecule has 126 valence electrons. The monoisotopic (exact) mass is 329 g/mol. The molecule has 8 heteroatoms. The van der Waals surface area contributed by atoms with Crippen molar-refractivity contribution in [2.75, 3.05) is 32.4 Å². The number of H-pyrrole nitrogens is 1. The zero-order valence-corrected chi connectivity index (χ0v) is 13.3. The third-order valence-corrected chi connectivity index (χ3v) is 4.29. The lowest BCUT2D eigenvalue weighted by molar-refractivity contribution is -0.144. The molecule has 3 rings (SSSR count). The number of aliphatic carboxylic acids is 1. The van der Waals surface area contributed by atoms with Crippen LogP contribution >= 0.6 is 0 Å². The SMILES string of the molecule is CN1CCN(C(=O)c2[nH]nc(N)c2-c2ccccc2)CC1C(=O)O. The summed E-state index contributed by atoms with van der Waals surface area (Å²) in [4.78, 5) is 27.5. The molecule has 1 unspecified atom stereocenters. The van der Waals surface area contributed by atoms with Gasteiger partial charge in [-0.15, -0.1) is 0 Å². The Morgan fingerprint density at radius 3 is 2.67 bits per heavy atom. The Morgan fingerprint density at radius 1 is 1.29 bits per heavy atom. The summed E-state index contributed by atoms with van der Waals surface area (Å²) >= 11 is 0. The third-order valence-electron chi connectivity index (χ3n) is 4.29. The molecule has 2 aromatic rings. The number of anilines is 1. The average molecular weight is 329 g/mol. The van der Waals surface area contributed by atoms with E-state index in [1.165, 1.54) is 4.90 Å². The van der Waals surface area contributed by atoms with E-state index in [0.29, 0.717) is 18.7 Å². The van der Waals surface area contributed by atoms with Crippen LogP contribution in [0.25, 0.3) is 11.1 Å². The molecule has 24 heavy (non-hydrogen) atoms. The standard InChI is InChI=1S/C16H19N5O3/c1-20-7-8-21(9-11(20)16(23)24)15(22)13-12(14(17)19-18-13)10-5-3-2-4-6-10/h2-6,11H,7-9H2,1H3,(H,23,24)(H3,17,18,19). The first-order chi connectivity index (χ1) is 11.5. The maximum Gasteiger partial charge on any atom is 0.322 e. The molecule has 1 atom stereocenters. The van der Waals surface area contributed by atoms with Gasteiger partial charge in [0.15, 0.2) is 5.82 Å². The summed E-state index contributed by atoms with van der Waals surface area (Å²) in [7, 11) is 1.74. The summed E-state index contributed by atoms with van der Waals surface area (Å²) in [5.74, 6) is -0.992. The highest BCUT2D eigenvalue weighted by Gasteiger charge is 2.34. The normalized spacial score (nSPS) is 18.5. The van der Waals surface area contributed by atoms with Crippen molar-refractivity contribution >= 4 is 17.7 Å². The highest BCUT2D eigenvalue weighted by molar-refractivity contribution is 6.01. The lowest BCUT2D eigenvalue weighted by atomic mass is 10.0. The Kier molecular flexibility index (Phi) is 4.22. The molecule has 1 saturated heterocycles. The number of nitrogens with zero attached hydrogens (tertiary/aromatic N) is 3. The number of carbonyl (C=O) groups excluding carboxylic acids is 1. The maximum absolute atomic E-state index is 12.9. The van der Waals surface area contributed by atoms with E-state index in [1.54, 1.807) is 11.9 Å². The van der Waals surface area contributed by atoms with E-state index in [2.05, 4.69) is 10.2 Å². The zero-order chi connectivity index (χ0) is 17.3. The van der Waals surface area contributed by atoms with Gasteiger partial charge in [0.2, 0.25) is 0 Å². The number of nitrogens with one attached hydrogen (secondary N) is 1. The fourth-order valence-corrected chi connectivity index (χ4v) is 2.89. The second kappa shape index (κ2) is 6.32. The van der Waals surface area contributed by atoms with Gasteiger partial charge in [-0.1, -0.05) is 30.3 Å². The molecule has 2 heterocycles. The van der Waals surface area contributed by atoms with Gasteiger partial charge in [-0.3, -0.25) is 19.6 Å². The van der Waals surface area contributed by atoms with Gasteiger partial charge in [0.25, 0.3) is 5.91 Å². The van der Waals surface area contributed by atoms with Crippen molar-refractivity contribution in [2.45, 2.75) is 6.04 Å². The first-order valence-corrected chi connectivity index (χ1v) is 7.60. The predicted octanol–water partition coefficient (Wildman–Crippen LogP) is 0.500. The summed E-state index contributed by atoms with van der Waals surface area (Å²) in [6, 6.07) is 8.56. The zero-order valence-electron chi connectivity index (χ0n) is 13.3. The number of benzene rings is 1. The quantitative estimate of drug-likeness (QED) is 0.755. The van der Waals surface area contributed by atoms with Crippen LogP contribution in [0.5, 0.6) is 0 Å². The number of nitrogen functional groups attached to an aromatic ring is 1. The molecule has 1 aromatic carbocycles. The number of carboxylic acids is 1. The highest BCUT2D eigenvalue weighted by Crippen LogP contribution is 2.28. The summed E-state index contributed by atoms with van der Waals surface area (Å²) in [6.07, 6.45) is 0. The van der Waals surface area contributed by atoms with Gasteiger partial charge < -0.3 is 15.7 Å². The molecule has 8 nitrogen and oxygen atoms in total. The molecule has 0 spiro atoms. The van der Waals surface area contributed by atoms with Gasteiger partial charge in [-0.05, 0) is 12.6 Å². The van der Waals surface area contributed by atoms with Crippen molar-refractivity contribution in [2.24, 2.45) is 0 Å². The van der Waals surface area contributed by atoms with Crippen molar-refractivity contribution in [1.82, 2.24) is 20.0 Å². The molecule has 1 fully saturated rings. The summed E-state index contributed by atoms with van der Waals surface area (Å²) in [5.41, 5.74) is 7.54. The number of aromatic amines is 1. The van der Waals surface area contributed by atoms with E-state index >= 15 is 0 Å². The minimum absolute atomic E-state index is 0.123. The lowest BCUT2D eigenvalue weighted by Crippen LogP contribution is -2.56. The minimum Gasteiger partial charge on any atom is -0.480 e. The van der Waals surface area contributed by atoms with Gasteiger partial charge >= 0.3 is 5.97 Å². The molecule has 0 aliphatic carbocycles. The minimum atomic E-state index is -0.942. The van der Waals surface area contributed by atoms with Gasteiger partial charge in [0, 0.05) is 19.6 Å². The van der Waals surface area contributed by atoms with Crippen LogP contribution in [0.4, 0.5) is 5.82 Å². The van der Waals surface area contributed by atoms with E-state index < -0.39 is 12.0 Å². The van der Waals surface area contributed by atoms with Crippen molar-refractivity contribution in [1.29, 1.82) is 0 Å². The van der Waals surface area contributed by atoms with Crippen LogP contribution in [0.15, 0.2) is 30.3 Å². The van der Waals surface area contributed by atoms with E-state index in [1.807, 2.05) is 30.3 Å². The molecule has 1 aliphatic rings. The fraction of sp³-hybridized carbons (Fsp3) is 0.312. The first-order valence-electron chi connectivity index (χ1n) is 7.60. The van der Waals surface area contributed by atoms with E-state index in [4.69, 9.17) is 5.73 Å². The van der Waals surface area contributed by atoms with Crippen LogP contribution in [0, 0.1) is 0 Å². The Labute approximate surface area is 138 Å². The number of amides is 1. The molecule has 0 saturated carbocycles. The molecular formula is C16H19N5O3. The largest absolute Gasteiger partial charge is 0.480 e. The van der Waals surface area contributed by atoms with Gasteiger partial charge in [-0.2, -0.15) is 5.10 Å². The number of carbonyl (C=O) groups is 2. The van der Waals surface area contributed by atoms with Crippen molar-refractivity contribution < 1.29 is 14.7 Å². The summed E-state index contributed by atoms with van der Waals surface area (Å²) in [5, 5.41) is 15.9. The summed E-state index contributed by atoms with van der Waals surface area (Å²) < 4.78 is 0. The second-order valence-corrected chi connectivity index (χ2v) is 5.81. The van der Waals surface area contributed by atoms with Gasteiger partial charge in [-0.25, -0.2) is 0 Å². The van der Waals surface area contributed by atoms with E-state index in [9.17, 15) is 14.7 Å². The second-order valence-electron chi connectivity index (χ2n) is 5.81. The van der Waals surface area contributed by atoms with Crippen molar-refractivity contribution in [3.63, 3.8) is 0 Å². The topological polar surface area (TPSA) is 116 Å². The number of hydrogen-bond donors (Lipinski definition) is 3. The predicted molar refractivity (Wildman–Crippen MR) is 88.4 cm³/mol. The number of hydrogen-bond acceptors (Lipinski definition) is 5. The molecular weight excluding hydrogens is 310 g/mol. The Balaban J connectivity index is 1.90. The van der Waals surface area contributed by atoms with Gasteiger partial charge in [0.1, 0.15) is 11.7 Å². The van der Waals surface area contributed by atoms with Crippen molar-refractivity contribution in [3.8, 4) is 11.1 Å². The van der Waals surface area contributed by atoms with Crippen LogP contribution in [0.2, 0.25) is 0 Å². The average Bonchev–Trinajstić information content (AvgIpc) is 2.96. The number of carboxylic acid groups (broad SMARTS) is 1. The van der Waals surface area contributed by atoms with Crippen LogP contribution < -0.4 is 5.73 Å². The number of piperazine rings is 1. The smallest absolute Gasteiger partial charge is 0.322 e. The fourth-order valence-electron chi connectivity index (χ4n) is 2.89. The highest BCUT2D eigenvalue weighted by atomic mass is 16.4. The van der Waals surface area contributed by atoms with Crippen LogP contribution in [0.3, 0.4) is 0 Å². The number of nitrogens with two attached hydrogens (primary N) is 1. The maximum atomic E-state index is 12.9. The van der Waals surface area contributed by atoms with Gasteiger partial charge in [0.05, 0.1) is 5.56 Å². The lowest BCUT2D eigenvalue weighted by Gasteiger charge is -2.37. The Morgan fingerprint density at radius 2 is 2.00 bits per heavy atom. The molecule has 1 aliphatic heterocycles. The van der Waals surface area contributed by atoms with E-state index in [0.717, 1.165) is 5.56 Å². The third kappa shape index (κ3) is 2.83.